The smallest absolute Gasteiger partial charge is 0.235 e. The van der Waals surface area contributed by atoms with Crippen LogP contribution in [0.1, 0.15) is 35.7 Å². The van der Waals surface area contributed by atoms with Gasteiger partial charge in [0, 0.05) is 23.4 Å². The van der Waals surface area contributed by atoms with Crippen LogP contribution in [0.25, 0.3) is 5.57 Å². The van der Waals surface area contributed by atoms with E-state index in [2.05, 4.69) is 6.08 Å². The summed E-state index contributed by atoms with van der Waals surface area (Å²) in [5.41, 5.74) is 3.42. The number of imide groups is 1. The number of anilines is 1. The van der Waals surface area contributed by atoms with Gasteiger partial charge in [-0.25, -0.2) is 0 Å². The zero-order valence-corrected chi connectivity index (χ0v) is 19.8. The van der Waals surface area contributed by atoms with Crippen LogP contribution < -0.4 is 9.64 Å². The Morgan fingerprint density at radius 3 is 2.66 bits per heavy atom. The molecule has 35 heavy (non-hydrogen) atoms. The number of Topliss-reactive ketones (excluding diaryl/α,β-unsaturated/α-hetero) is 1. The topological polar surface area (TPSA) is 76.1 Å². The number of ether oxygens (including phenoxy) is 2. The van der Waals surface area contributed by atoms with Crippen molar-refractivity contribution in [3.05, 3.63) is 65.7 Å². The number of methoxy groups -OCH3 is 1. The Bertz CT molecular complexity index is 1250. The summed E-state index contributed by atoms with van der Waals surface area (Å²) in [6.07, 6.45) is 3.69. The molecule has 4 aliphatic rings. The molecule has 0 bridgehead atoms. The van der Waals surface area contributed by atoms with Crippen LogP contribution in [0.2, 0.25) is 0 Å². The number of hydrogen-bond acceptors (Lipinski definition) is 6. The lowest BCUT2D eigenvalue weighted by molar-refractivity contribution is -0.142. The molecular formula is C28H28N2O5. The van der Waals surface area contributed by atoms with E-state index in [9.17, 15) is 14.4 Å². The van der Waals surface area contributed by atoms with Crippen molar-refractivity contribution in [2.75, 3.05) is 25.2 Å². The number of likely N-dealkylation sites (tertiary alicyclic amines) is 1. The summed E-state index contributed by atoms with van der Waals surface area (Å²) in [7, 11) is 1.56. The molecule has 6 rings (SSSR count). The molecule has 5 atom stereocenters. The third-order valence-corrected chi connectivity index (χ3v) is 7.88. The number of hydrogen-bond donors (Lipinski definition) is 0. The molecule has 0 radical (unpaired) electrons. The number of para-hydroxylation sites is 1. The first kappa shape index (κ1) is 22.0. The summed E-state index contributed by atoms with van der Waals surface area (Å²) in [6, 6.07) is 13.8. The highest BCUT2D eigenvalue weighted by molar-refractivity contribution is 6.14. The van der Waals surface area contributed by atoms with Gasteiger partial charge < -0.3 is 14.4 Å². The molecule has 3 fully saturated rings. The van der Waals surface area contributed by atoms with E-state index in [1.165, 1.54) is 4.90 Å². The second-order valence-corrected chi connectivity index (χ2v) is 9.78. The van der Waals surface area contributed by atoms with Gasteiger partial charge in [0.1, 0.15) is 11.8 Å². The fourth-order valence-corrected chi connectivity index (χ4v) is 6.28. The molecule has 2 aromatic carbocycles. The van der Waals surface area contributed by atoms with Crippen LogP contribution >= 0.6 is 0 Å². The second kappa shape index (κ2) is 8.34. The fraction of sp³-hybridized carbons (Fsp3) is 0.393. The lowest BCUT2D eigenvalue weighted by atomic mass is 9.85. The number of ketones is 1. The van der Waals surface area contributed by atoms with E-state index in [0.29, 0.717) is 17.9 Å². The average molecular weight is 473 g/mol. The normalized spacial score (nSPS) is 29.1. The summed E-state index contributed by atoms with van der Waals surface area (Å²) in [4.78, 5) is 45.0. The van der Waals surface area contributed by atoms with Crippen molar-refractivity contribution in [1.29, 1.82) is 0 Å². The van der Waals surface area contributed by atoms with E-state index in [1.54, 1.807) is 31.4 Å². The molecule has 4 aliphatic heterocycles. The summed E-state index contributed by atoms with van der Waals surface area (Å²) in [6.45, 7) is 2.93. The standard InChI is InChI=1S/C28H28N2O5/c1-16-13-22-23-24(28(33)29(27(23)32)15-19-9-6-12-35-19)25(30(22)21-11-4-3-10-20(16)21)26(31)17-7-5-8-18(14-17)34-2/h3-5,7-8,10-11,13-14,19,22-25H,6,9,12,15H2,1-2H3/t19-,22+,23+,24-,25-/m0/s1. The van der Waals surface area contributed by atoms with Gasteiger partial charge in [-0.1, -0.05) is 36.4 Å². The average Bonchev–Trinajstić information content (AvgIpc) is 3.57. The van der Waals surface area contributed by atoms with Crippen molar-refractivity contribution in [3.63, 3.8) is 0 Å². The molecule has 3 saturated heterocycles. The van der Waals surface area contributed by atoms with E-state index in [0.717, 1.165) is 29.7 Å². The number of carbonyl (C=O) groups excluding carboxylic acids is 3. The lowest BCUT2D eigenvalue weighted by Crippen LogP contribution is -2.49. The first-order chi connectivity index (χ1) is 17.0. The number of fused-ring (bicyclic) bond motifs is 5. The quantitative estimate of drug-likeness (QED) is 0.491. The van der Waals surface area contributed by atoms with Crippen molar-refractivity contribution in [2.45, 2.75) is 38.0 Å². The zero-order valence-electron chi connectivity index (χ0n) is 19.8. The number of nitrogens with zero attached hydrogens (tertiary/aromatic N) is 2. The molecule has 0 N–H and O–H groups in total. The predicted molar refractivity (Wildman–Crippen MR) is 130 cm³/mol. The van der Waals surface area contributed by atoms with Gasteiger partial charge >= 0.3 is 0 Å². The molecule has 0 aliphatic carbocycles. The van der Waals surface area contributed by atoms with Crippen LogP contribution in [0, 0.1) is 11.8 Å². The lowest BCUT2D eigenvalue weighted by Gasteiger charge is -2.38. The molecule has 180 valence electrons. The zero-order chi connectivity index (χ0) is 24.3. The Hall–Kier alpha value is -3.45. The van der Waals surface area contributed by atoms with Gasteiger partial charge in [0.15, 0.2) is 5.78 Å². The van der Waals surface area contributed by atoms with Crippen molar-refractivity contribution in [2.24, 2.45) is 11.8 Å². The highest BCUT2D eigenvalue weighted by atomic mass is 16.5. The highest BCUT2D eigenvalue weighted by Crippen LogP contribution is 2.50. The maximum atomic E-state index is 14.1. The van der Waals surface area contributed by atoms with Crippen molar-refractivity contribution in [3.8, 4) is 5.75 Å². The number of allylic oxidation sites excluding steroid dienone is 1. The summed E-state index contributed by atoms with van der Waals surface area (Å²) in [5, 5.41) is 0. The number of carbonyl (C=O) groups is 3. The highest BCUT2D eigenvalue weighted by Gasteiger charge is 2.64. The van der Waals surface area contributed by atoms with Crippen molar-refractivity contribution < 1.29 is 23.9 Å². The van der Waals surface area contributed by atoms with Gasteiger partial charge in [-0.3, -0.25) is 19.3 Å². The monoisotopic (exact) mass is 472 g/mol. The molecule has 2 amide bonds. The van der Waals surface area contributed by atoms with Gasteiger partial charge in [0.05, 0.1) is 37.6 Å². The Kier molecular flexibility index (Phi) is 5.25. The van der Waals surface area contributed by atoms with Gasteiger partial charge in [-0.05, 0) is 43.5 Å². The summed E-state index contributed by atoms with van der Waals surface area (Å²) >= 11 is 0. The van der Waals surface area contributed by atoms with E-state index < -0.39 is 17.9 Å². The second-order valence-electron chi connectivity index (χ2n) is 9.78. The molecule has 0 spiro atoms. The Morgan fingerprint density at radius 2 is 1.89 bits per heavy atom. The van der Waals surface area contributed by atoms with Gasteiger partial charge in [0.25, 0.3) is 0 Å². The van der Waals surface area contributed by atoms with Gasteiger partial charge in [-0.2, -0.15) is 0 Å². The van der Waals surface area contributed by atoms with Crippen LogP contribution in [-0.2, 0) is 14.3 Å². The maximum absolute atomic E-state index is 14.1. The third kappa shape index (κ3) is 3.32. The molecule has 0 aromatic heterocycles. The maximum Gasteiger partial charge on any atom is 0.235 e. The largest absolute Gasteiger partial charge is 0.497 e. The van der Waals surface area contributed by atoms with Crippen LogP contribution in [0.15, 0.2) is 54.6 Å². The molecular weight excluding hydrogens is 444 g/mol. The molecule has 2 aromatic rings. The number of amides is 2. The van der Waals surface area contributed by atoms with Crippen LogP contribution in [0.5, 0.6) is 5.75 Å². The van der Waals surface area contributed by atoms with Crippen molar-refractivity contribution >= 4 is 28.9 Å². The minimum absolute atomic E-state index is 0.130. The molecule has 0 saturated carbocycles. The van der Waals surface area contributed by atoms with E-state index in [4.69, 9.17) is 9.47 Å². The van der Waals surface area contributed by atoms with E-state index >= 15 is 0 Å². The van der Waals surface area contributed by atoms with Crippen LogP contribution in [0.3, 0.4) is 0 Å². The predicted octanol–water partition coefficient (Wildman–Crippen LogP) is 3.33. The Labute approximate surface area is 204 Å². The third-order valence-electron chi connectivity index (χ3n) is 7.88. The summed E-state index contributed by atoms with van der Waals surface area (Å²) in [5.74, 6) is -1.42. The van der Waals surface area contributed by atoms with E-state index in [-0.39, 0.29) is 36.3 Å². The molecule has 0 unspecified atom stereocenters. The Balaban J connectivity index is 1.45. The van der Waals surface area contributed by atoms with Crippen molar-refractivity contribution in [1.82, 2.24) is 4.90 Å². The number of rotatable bonds is 5. The molecule has 4 heterocycles. The van der Waals surface area contributed by atoms with E-state index in [1.807, 2.05) is 36.1 Å². The van der Waals surface area contributed by atoms with Crippen LogP contribution in [-0.4, -0.2) is 60.9 Å². The number of benzene rings is 2. The first-order valence-corrected chi connectivity index (χ1v) is 12.2. The van der Waals surface area contributed by atoms with Gasteiger partial charge in [0.2, 0.25) is 11.8 Å². The molecule has 7 heteroatoms. The summed E-state index contributed by atoms with van der Waals surface area (Å²) < 4.78 is 11.1. The van der Waals surface area contributed by atoms with Crippen LogP contribution in [0.4, 0.5) is 5.69 Å². The first-order valence-electron chi connectivity index (χ1n) is 12.2. The Morgan fingerprint density at radius 1 is 1.09 bits per heavy atom. The SMILES string of the molecule is COc1cccc(C(=O)[C@@H]2[C@H]3C(=O)N(C[C@@H]4CCCO4)C(=O)[C@@H]3[C@H]3C=C(C)c4ccccc4N32)c1. The van der Waals surface area contributed by atoms with Gasteiger partial charge in [-0.15, -0.1) is 0 Å². The molecule has 7 nitrogen and oxygen atoms in total. The fourth-order valence-electron chi connectivity index (χ4n) is 6.28. The minimum Gasteiger partial charge on any atom is -0.497 e. The minimum atomic E-state index is -0.784.